The minimum atomic E-state index is 0.647. The Balaban J connectivity index is 2.68. The maximum Gasteiger partial charge on any atom is 0.0641 e. The molecule has 0 aliphatic carbocycles. The molecule has 0 aliphatic heterocycles. The summed E-state index contributed by atoms with van der Waals surface area (Å²) in [5.41, 5.74) is 2.45. The van der Waals surface area contributed by atoms with E-state index >= 15 is 0 Å². The Labute approximate surface area is 128 Å². The van der Waals surface area contributed by atoms with Crippen molar-refractivity contribution in [2.24, 2.45) is 5.92 Å². The van der Waals surface area contributed by atoms with Gasteiger partial charge < -0.3 is 15.0 Å². The molecule has 0 fully saturated rings. The van der Waals surface area contributed by atoms with Crippen LogP contribution in [0.5, 0.6) is 0 Å². The number of nitrogens with one attached hydrogen (secondary N) is 1. The highest BCUT2D eigenvalue weighted by molar-refractivity contribution is 6.30. The predicted octanol–water partition coefficient (Wildman–Crippen LogP) is 3.56. The molecule has 1 rings (SSSR count). The van der Waals surface area contributed by atoms with Gasteiger partial charge in [0.15, 0.2) is 0 Å². The summed E-state index contributed by atoms with van der Waals surface area (Å²) in [7, 11) is 2.09. The van der Waals surface area contributed by atoms with Crippen LogP contribution >= 0.6 is 11.6 Å². The van der Waals surface area contributed by atoms with Crippen LogP contribution in [0.2, 0.25) is 5.02 Å². The van der Waals surface area contributed by atoms with E-state index in [1.807, 2.05) is 19.1 Å². The molecule has 4 heteroatoms. The molecule has 0 aliphatic rings. The molecule has 1 aromatic rings. The zero-order valence-corrected chi connectivity index (χ0v) is 13.8. The molecule has 1 aromatic carbocycles. The minimum absolute atomic E-state index is 0.647. The van der Waals surface area contributed by atoms with Crippen molar-refractivity contribution in [3.05, 3.63) is 28.8 Å². The predicted molar refractivity (Wildman–Crippen MR) is 87.8 cm³/mol. The quantitative estimate of drug-likeness (QED) is 0.706. The molecule has 0 saturated carbocycles. The fraction of sp³-hybridized carbons (Fsp3) is 0.625. The summed E-state index contributed by atoms with van der Waals surface area (Å²) in [6.07, 6.45) is 0. The smallest absolute Gasteiger partial charge is 0.0641 e. The highest BCUT2D eigenvalue weighted by atomic mass is 35.5. The molecule has 1 N–H and O–H groups in total. The first kappa shape index (κ1) is 17.3. The van der Waals surface area contributed by atoms with Gasteiger partial charge in [-0.25, -0.2) is 0 Å². The molecular formula is C16H27ClN2O. The van der Waals surface area contributed by atoms with Gasteiger partial charge in [-0.15, -0.1) is 0 Å². The van der Waals surface area contributed by atoms with Crippen LogP contribution in [0.1, 0.15) is 26.3 Å². The number of anilines is 1. The van der Waals surface area contributed by atoms with Gasteiger partial charge in [0, 0.05) is 37.5 Å². The molecule has 0 radical (unpaired) electrons. The Morgan fingerprint density at radius 2 is 2.10 bits per heavy atom. The maximum absolute atomic E-state index is 6.12. The van der Waals surface area contributed by atoms with E-state index in [-0.39, 0.29) is 0 Å². The normalized spacial score (nSPS) is 11.1. The maximum atomic E-state index is 6.12. The summed E-state index contributed by atoms with van der Waals surface area (Å²) >= 11 is 6.12. The highest BCUT2D eigenvalue weighted by Gasteiger charge is 2.08. The number of ether oxygens (including phenoxy) is 1. The number of nitrogens with zero attached hydrogens (tertiary/aromatic N) is 1. The molecule has 0 aromatic heterocycles. The van der Waals surface area contributed by atoms with Crippen molar-refractivity contribution in [3.63, 3.8) is 0 Å². The van der Waals surface area contributed by atoms with Crippen LogP contribution in [-0.2, 0) is 11.3 Å². The third-order valence-electron chi connectivity index (χ3n) is 3.10. The van der Waals surface area contributed by atoms with Crippen molar-refractivity contribution in [2.75, 3.05) is 38.3 Å². The van der Waals surface area contributed by atoms with Gasteiger partial charge in [0.1, 0.15) is 0 Å². The van der Waals surface area contributed by atoms with Crippen LogP contribution in [0.25, 0.3) is 0 Å². The van der Waals surface area contributed by atoms with E-state index in [0.717, 1.165) is 37.9 Å². The molecule has 0 spiro atoms. The van der Waals surface area contributed by atoms with Crippen LogP contribution < -0.4 is 10.2 Å². The van der Waals surface area contributed by atoms with Crippen LogP contribution in [0, 0.1) is 5.92 Å². The van der Waals surface area contributed by atoms with Crippen molar-refractivity contribution >= 4 is 17.3 Å². The standard InChI is InChI=1S/C16H27ClN2O/c1-5-20-9-8-19(4)16-7-6-15(17)10-14(16)12-18-11-13(2)3/h6-7,10,13,18H,5,8-9,11-12H2,1-4H3. The van der Waals surface area contributed by atoms with Crippen LogP contribution in [0.3, 0.4) is 0 Å². The lowest BCUT2D eigenvalue weighted by Crippen LogP contribution is -2.25. The van der Waals surface area contributed by atoms with Crippen molar-refractivity contribution < 1.29 is 4.74 Å². The zero-order chi connectivity index (χ0) is 15.0. The Morgan fingerprint density at radius 3 is 2.75 bits per heavy atom. The van der Waals surface area contributed by atoms with Gasteiger partial charge in [-0.05, 0) is 43.1 Å². The molecular weight excluding hydrogens is 272 g/mol. The van der Waals surface area contributed by atoms with E-state index in [9.17, 15) is 0 Å². The van der Waals surface area contributed by atoms with Gasteiger partial charge in [0.2, 0.25) is 0 Å². The largest absolute Gasteiger partial charge is 0.380 e. The Morgan fingerprint density at radius 1 is 1.35 bits per heavy atom. The van der Waals surface area contributed by atoms with Crippen molar-refractivity contribution in [1.29, 1.82) is 0 Å². The van der Waals surface area contributed by atoms with Gasteiger partial charge in [-0.3, -0.25) is 0 Å². The van der Waals surface area contributed by atoms with Gasteiger partial charge >= 0.3 is 0 Å². The first-order valence-electron chi connectivity index (χ1n) is 7.32. The minimum Gasteiger partial charge on any atom is -0.380 e. The fourth-order valence-corrected chi connectivity index (χ4v) is 2.22. The van der Waals surface area contributed by atoms with E-state index < -0.39 is 0 Å². The first-order valence-corrected chi connectivity index (χ1v) is 7.70. The highest BCUT2D eigenvalue weighted by Crippen LogP contribution is 2.23. The summed E-state index contributed by atoms with van der Waals surface area (Å²) in [5, 5.41) is 4.26. The number of hydrogen-bond acceptors (Lipinski definition) is 3. The molecule has 0 atom stereocenters. The Hall–Kier alpha value is -0.770. The van der Waals surface area contributed by atoms with Gasteiger partial charge in [0.25, 0.3) is 0 Å². The molecule has 20 heavy (non-hydrogen) atoms. The second-order valence-corrected chi connectivity index (χ2v) is 5.85. The molecule has 3 nitrogen and oxygen atoms in total. The van der Waals surface area contributed by atoms with Crippen LogP contribution in [0.15, 0.2) is 18.2 Å². The SMILES string of the molecule is CCOCCN(C)c1ccc(Cl)cc1CNCC(C)C. The molecule has 0 bridgehead atoms. The van der Waals surface area contributed by atoms with Crippen molar-refractivity contribution in [2.45, 2.75) is 27.3 Å². The van der Waals surface area contributed by atoms with E-state index in [0.29, 0.717) is 5.92 Å². The van der Waals surface area contributed by atoms with E-state index in [1.54, 1.807) is 0 Å². The fourth-order valence-electron chi connectivity index (χ4n) is 2.03. The van der Waals surface area contributed by atoms with Crippen LogP contribution in [0.4, 0.5) is 5.69 Å². The third kappa shape index (κ3) is 6.12. The van der Waals surface area contributed by atoms with E-state index in [2.05, 4.69) is 37.2 Å². The van der Waals surface area contributed by atoms with Crippen molar-refractivity contribution in [1.82, 2.24) is 5.32 Å². The number of rotatable bonds is 9. The van der Waals surface area contributed by atoms with Crippen LogP contribution in [-0.4, -0.2) is 33.4 Å². The monoisotopic (exact) mass is 298 g/mol. The summed E-state index contributed by atoms with van der Waals surface area (Å²) in [5.74, 6) is 0.647. The van der Waals surface area contributed by atoms with E-state index in [1.165, 1.54) is 11.3 Å². The first-order chi connectivity index (χ1) is 9.54. The Kier molecular flexibility index (Phi) is 7.97. The zero-order valence-electron chi connectivity index (χ0n) is 13.1. The lowest BCUT2D eigenvalue weighted by Gasteiger charge is -2.23. The Bertz CT molecular complexity index is 396. The average Bonchev–Trinajstić information content (AvgIpc) is 2.38. The van der Waals surface area contributed by atoms with E-state index in [4.69, 9.17) is 16.3 Å². The van der Waals surface area contributed by atoms with Crippen molar-refractivity contribution in [3.8, 4) is 0 Å². The van der Waals surface area contributed by atoms with Gasteiger partial charge in [-0.2, -0.15) is 0 Å². The summed E-state index contributed by atoms with van der Waals surface area (Å²) in [6, 6.07) is 6.07. The second kappa shape index (κ2) is 9.22. The summed E-state index contributed by atoms with van der Waals surface area (Å²) in [6.45, 7) is 10.7. The lowest BCUT2D eigenvalue weighted by molar-refractivity contribution is 0.154. The molecule has 0 saturated heterocycles. The van der Waals surface area contributed by atoms with Gasteiger partial charge in [0.05, 0.1) is 6.61 Å². The molecule has 114 valence electrons. The molecule has 0 amide bonds. The average molecular weight is 299 g/mol. The lowest BCUT2D eigenvalue weighted by atomic mass is 10.1. The number of hydrogen-bond donors (Lipinski definition) is 1. The van der Waals surface area contributed by atoms with Gasteiger partial charge in [-0.1, -0.05) is 25.4 Å². The third-order valence-corrected chi connectivity index (χ3v) is 3.33. The molecule has 0 unspecified atom stereocenters. The topological polar surface area (TPSA) is 24.5 Å². The number of likely N-dealkylation sites (N-methyl/N-ethyl adjacent to an activating group) is 1. The second-order valence-electron chi connectivity index (χ2n) is 5.42. The number of benzene rings is 1. The summed E-state index contributed by atoms with van der Waals surface area (Å²) < 4.78 is 5.42. The molecule has 0 heterocycles. The number of halogens is 1. The summed E-state index contributed by atoms with van der Waals surface area (Å²) in [4.78, 5) is 2.22.